The standard InChI is InChI=1S/C21H23FN2O5/c22-20(17(23)11-18(25)28-13-15-7-3-1-4-8-15)21(27)24-12-19(26)29-14-16-9-5-2-6-10-16/h1-10,17,20H,11-14,23H2,(H,24,27)/t17-,20+/m0/s1. The molecule has 2 rings (SSSR count). The smallest absolute Gasteiger partial charge is 0.325 e. The molecule has 2 aromatic carbocycles. The van der Waals surface area contributed by atoms with Crippen molar-refractivity contribution in [3.63, 3.8) is 0 Å². The van der Waals surface area contributed by atoms with Crippen LogP contribution in [0.25, 0.3) is 0 Å². The van der Waals surface area contributed by atoms with E-state index in [0.717, 1.165) is 11.1 Å². The third-order valence-electron chi connectivity index (χ3n) is 3.92. The van der Waals surface area contributed by atoms with Crippen LogP contribution in [0.1, 0.15) is 17.5 Å². The number of halogens is 1. The Kier molecular flexibility index (Phi) is 8.78. The minimum Gasteiger partial charge on any atom is -0.461 e. The fourth-order valence-corrected chi connectivity index (χ4v) is 2.33. The number of hydrogen-bond acceptors (Lipinski definition) is 6. The normalized spacial score (nSPS) is 12.5. The van der Waals surface area contributed by atoms with Gasteiger partial charge in [-0.3, -0.25) is 14.4 Å². The van der Waals surface area contributed by atoms with Crippen LogP contribution in [-0.4, -0.2) is 36.6 Å². The van der Waals surface area contributed by atoms with Crippen molar-refractivity contribution >= 4 is 17.8 Å². The van der Waals surface area contributed by atoms with Gasteiger partial charge in [-0.1, -0.05) is 60.7 Å². The molecule has 2 aromatic rings. The van der Waals surface area contributed by atoms with Gasteiger partial charge in [0.05, 0.1) is 12.5 Å². The predicted molar refractivity (Wildman–Crippen MR) is 103 cm³/mol. The lowest BCUT2D eigenvalue weighted by Gasteiger charge is -2.16. The summed E-state index contributed by atoms with van der Waals surface area (Å²) >= 11 is 0. The molecule has 29 heavy (non-hydrogen) atoms. The van der Waals surface area contributed by atoms with Crippen LogP contribution in [0.5, 0.6) is 0 Å². The van der Waals surface area contributed by atoms with Crippen LogP contribution in [0, 0.1) is 0 Å². The average Bonchev–Trinajstić information content (AvgIpc) is 2.75. The number of ether oxygens (including phenoxy) is 2. The van der Waals surface area contributed by atoms with E-state index in [1.54, 1.807) is 48.5 Å². The molecule has 0 unspecified atom stereocenters. The maximum atomic E-state index is 14.1. The quantitative estimate of drug-likeness (QED) is 0.585. The Morgan fingerprint density at radius 2 is 1.34 bits per heavy atom. The summed E-state index contributed by atoms with van der Waals surface area (Å²) in [5, 5.41) is 2.11. The van der Waals surface area contributed by atoms with Gasteiger partial charge in [0.1, 0.15) is 19.8 Å². The number of amides is 1. The van der Waals surface area contributed by atoms with Crippen LogP contribution in [0.3, 0.4) is 0 Å². The monoisotopic (exact) mass is 402 g/mol. The fourth-order valence-electron chi connectivity index (χ4n) is 2.33. The second kappa shape index (κ2) is 11.6. The lowest BCUT2D eigenvalue weighted by atomic mass is 10.1. The third kappa shape index (κ3) is 8.10. The fraction of sp³-hybridized carbons (Fsp3) is 0.286. The van der Waals surface area contributed by atoms with Crippen molar-refractivity contribution in [2.75, 3.05) is 6.54 Å². The van der Waals surface area contributed by atoms with Crippen LogP contribution in [0.15, 0.2) is 60.7 Å². The highest BCUT2D eigenvalue weighted by molar-refractivity contribution is 5.86. The molecule has 0 radical (unpaired) electrons. The third-order valence-corrected chi connectivity index (χ3v) is 3.92. The summed E-state index contributed by atoms with van der Waals surface area (Å²) in [6, 6.07) is 16.5. The van der Waals surface area contributed by atoms with Crippen molar-refractivity contribution in [3.8, 4) is 0 Å². The van der Waals surface area contributed by atoms with E-state index in [-0.39, 0.29) is 13.2 Å². The van der Waals surface area contributed by atoms with E-state index in [2.05, 4.69) is 5.32 Å². The van der Waals surface area contributed by atoms with E-state index in [0.29, 0.717) is 0 Å². The maximum Gasteiger partial charge on any atom is 0.325 e. The number of benzene rings is 2. The summed E-state index contributed by atoms with van der Waals surface area (Å²) < 4.78 is 24.1. The minimum absolute atomic E-state index is 0.0306. The molecule has 0 aliphatic carbocycles. The topological polar surface area (TPSA) is 108 Å². The Hall–Kier alpha value is -3.26. The van der Waals surface area contributed by atoms with Crippen molar-refractivity contribution in [2.24, 2.45) is 5.73 Å². The Bertz CT molecular complexity index is 801. The summed E-state index contributed by atoms with van der Waals surface area (Å²) in [5.74, 6) is -2.53. The van der Waals surface area contributed by atoms with E-state index < -0.39 is 43.0 Å². The zero-order chi connectivity index (χ0) is 21.1. The van der Waals surface area contributed by atoms with Crippen molar-refractivity contribution in [2.45, 2.75) is 31.8 Å². The summed E-state index contributed by atoms with van der Waals surface area (Å²) in [7, 11) is 0. The molecule has 0 saturated heterocycles. The van der Waals surface area contributed by atoms with E-state index in [1.165, 1.54) is 0 Å². The molecule has 1 amide bonds. The van der Waals surface area contributed by atoms with Crippen molar-refractivity contribution in [1.29, 1.82) is 0 Å². The summed E-state index contributed by atoms with van der Waals surface area (Å²) in [4.78, 5) is 35.2. The lowest BCUT2D eigenvalue weighted by molar-refractivity contribution is -0.147. The molecule has 0 aliphatic heterocycles. The number of carbonyl (C=O) groups excluding carboxylic acids is 3. The van der Waals surface area contributed by atoms with Gasteiger partial charge in [-0.15, -0.1) is 0 Å². The molecule has 0 aliphatic rings. The Labute approximate surface area is 168 Å². The van der Waals surface area contributed by atoms with Crippen LogP contribution in [0.2, 0.25) is 0 Å². The van der Waals surface area contributed by atoms with E-state index >= 15 is 0 Å². The summed E-state index contributed by atoms with van der Waals surface area (Å²) in [6.07, 6.45) is -2.64. The minimum atomic E-state index is -2.17. The number of hydrogen-bond donors (Lipinski definition) is 2. The zero-order valence-electron chi connectivity index (χ0n) is 15.8. The van der Waals surface area contributed by atoms with E-state index in [4.69, 9.17) is 15.2 Å². The molecule has 7 nitrogen and oxygen atoms in total. The molecule has 0 bridgehead atoms. The van der Waals surface area contributed by atoms with Gasteiger partial charge in [-0.05, 0) is 11.1 Å². The van der Waals surface area contributed by atoms with Gasteiger partial charge in [0.15, 0.2) is 6.17 Å². The molecule has 2 atom stereocenters. The van der Waals surface area contributed by atoms with Gasteiger partial charge in [0, 0.05) is 0 Å². The molecule has 0 spiro atoms. The van der Waals surface area contributed by atoms with Crippen molar-refractivity contribution < 1.29 is 28.2 Å². The molecule has 0 saturated carbocycles. The highest BCUT2D eigenvalue weighted by Crippen LogP contribution is 2.06. The first-order valence-electron chi connectivity index (χ1n) is 9.02. The van der Waals surface area contributed by atoms with Gasteiger partial charge in [0.2, 0.25) is 0 Å². The molecular weight excluding hydrogens is 379 g/mol. The lowest BCUT2D eigenvalue weighted by Crippen LogP contribution is -2.46. The highest BCUT2D eigenvalue weighted by Gasteiger charge is 2.28. The van der Waals surface area contributed by atoms with E-state index in [1.807, 2.05) is 12.1 Å². The number of carbonyl (C=O) groups is 3. The summed E-state index contributed by atoms with van der Waals surface area (Å²) in [5.41, 5.74) is 7.14. The zero-order valence-corrected chi connectivity index (χ0v) is 15.8. The first kappa shape index (κ1) is 22.0. The van der Waals surface area contributed by atoms with Gasteiger partial charge in [0.25, 0.3) is 5.91 Å². The van der Waals surface area contributed by atoms with E-state index in [9.17, 15) is 18.8 Å². The van der Waals surface area contributed by atoms with Crippen LogP contribution in [-0.2, 0) is 37.1 Å². The number of nitrogens with one attached hydrogen (secondary N) is 1. The number of nitrogens with two attached hydrogens (primary N) is 1. The second-order valence-corrected chi connectivity index (χ2v) is 6.28. The van der Waals surface area contributed by atoms with Crippen LogP contribution >= 0.6 is 0 Å². The second-order valence-electron chi connectivity index (χ2n) is 6.28. The number of esters is 2. The van der Waals surface area contributed by atoms with Crippen molar-refractivity contribution in [3.05, 3.63) is 71.8 Å². The molecule has 8 heteroatoms. The number of alkyl halides is 1. The SMILES string of the molecule is N[C@@H](CC(=O)OCc1ccccc1)[C@@H](F)C(=O)NCC(=O)OCc1ccccc1. The Balaban J connectivity index is 1.67. The van der Waals surface area contributed by atoms with Gasteiger partial charge in [-0.25, -0.2) is 4.39 Å². The van der Waals surface area contributed by atoms with Gasteiger partial charge < -0.3 is 20.5 Å². The van der Waals surface area contributed by atoms with Crippen LogP contribution < -0.4 is 11.1 Å². The average molecular weight is 402 g/mol. The molecule has 0 heterocycles. The Morgan fingerprint density at radius 1 is 0.862 bits per heavy atom. The molecule has 3 N–H and O–H groups in total. The summed E-state index contributed by atoms with van der Waals surface area (Å²) in [6.45, 7) is -0.429. The first-order chi connectivity index (χ1) is 14.0. The first-order valence-corrected chi connectivity index (χ1v) is 9.02. The molecule has 0 fully saturated rings. The molecule has 154 valence electrons. The van der Waals surface area contributed by atoms with Crippen LogP contribution in [0.4, 0.5) is 4.39 Å². The van der Waals surface area contributed by atoms with Gasteiger partial charge >= 0.3 is 11.9 Å². The largest absolute Gasteiger partial charge is 0.461 e. The predicted octanol–water partition coefficient (Wildman–Crippen LogP) is 1.64. The highest BCUT2D eigenvalue weighted by atomic mass is 19.1. The maximum absolute atomic E-state index is 14.1. The molecular formula is C21H23FN2O5. The number of rotatable bonds is 10. The molecule has 0 aromatic heterocycles. The van der Waals surface area contributed by atoms with Crippen molar-refractivity contribution in [1.82, 2.24) is 5.32 Å². The Morgan fingerprint density at radius 3 is 1.86 bits per heavy atom. The van der Waals surface area contributed by atoms with Gasteiger partial charge in [-0.2, -0.15) is 0 Å².